The minimum atomic E-state index is -1.01. The van der Waals surface area contributed by atoms with Crippen LogP contribution in [0.25, 0.3) is 11.4 Å². The highest BCUT2D eigenvalue weighted by molar-refractivity contribution is 9.10. The number of carboxylic acids is 1. The molecular formula is C14H13BrN2O3. The van der Waals surface area contributed by atoms with Crippen LogP contribution in [-0.2, 0) is 6.42 Å². The molecule has 0 saturated heterocycles. The van der Waals surface area contributed by atoms with Crippen molar-refractivity contribution in [1.82, 2.24) is 9.97 Å². The molecule has 0 fully saturated rings. The molecule has 1 N–H and O–H groups in total. The average Bonchev–Trinajstić information content (AvgIpc) is 2.46. The second-order valence-electron chi connectivity index (χ2n) is 4.06. The number of benzene rings is 1. The summed E-state index contributed by atoms with van der Waals surface area (Å²) in [6.45, 7) is 1.86. The van der Waals surface area contributed by atoms with Crippen molar-refractivity contribution >= 4 is 21.9 Å². The van der Waals surface area contributed by atoms with E-state index in [1.807, 2.05) is 19.1 Å². The molecule has 0 aliphatic heterocycles. The van der Waals surface area contributed by atoms with E-state index in [4.69, 9.17) is 9.84 Å². The first-order chi connectivity index (χ1) is 9.56. The van der Waals surface area contributed by atoms with Crippen molar-refractivity contribution in [2.24, 2.45) is 0 Å². The summed E-state index contributed by atoms with van der Waals surface area (Å²) in [5, 5.41) is 9.07. The van der Waals surface area contributed by atoms with E-state index in [1.54, 1.807) is 13.2 Å². The molecule has 0 atom stereocenters. The first kappa shape index (κ1) is 14.5. The Balaban J connectivity index is 2.48. The number of nitrogens with zero attached hydrogens (tertiary/aromatic N) is 2. The third kappa shape index (κ3) is 2.80. The molecule has 0 radical (unpaired) electrons. The topological polar surface area (TPSA) is 72.3 Å². The Morgan fingerprint density at radius 3 is 2.75 bits per heavy atom. The summed E-state index contributed by atoms with van der Waals surface area (Å²) >= 11 is 3.40. The number of rotatable bonds is 4. The largest absolute Gasteiger partial charge is 0.496 e. The number of carboxylic acid groups (broad SMARTS) is 1. The molecule has 0 aliphatic rings. The van der Waals surface area contributed by atoms with Gasteiger partial charge in [0, 0.05) is 11.8 Å². The zero-order valence-corrected chi connectivity index (χ0v) is 12.6. The lowest BCUT2D eigenvalue weighted by atomic mass is 10.1. The maximum absolute atomic E-state index is 11.1. The van der Waals surface area contributed by atoms with Gasteiger partial charge in [-0.1, -0.05) is 6.92 Å². The quantitative estimate of drug-likeness (QED) is 0.928. The highest BCUT2D eigenvalue weighted by Gasteiger charge is 2.13. The van der Waals surface area contributed by atoms with Crippen LogP contribution in [0.3, 0.4) is 0 Å². The van der Waals surface area contributed by atoms with Crippen LogP contribution in [0.4, 0.5) is 0 Å². The summed E-state index contributed by atoms with van der Waals surface area (Å²) in [6, 6.07) is 5.48. The van der Waals surface area contributed by atoms with E-state index in [1.165, 1.54) is 6.20 Å². The lowest BCUT2D eigenvalue weighted by molar-refractivity contribution is 0.0694. The van der Waals surface area contributed by atoms with Gasteiger partial charge in [-0.3, -0.25) is 0 Å². The fraction of sp³-hybridized carbons (Fsp3) is 0.214. The van der Waals surface area contributed by atoms with E-state index in [0.29, 0.717) is 23.7 Å². The number of methoxy groups -OCH3 is 1. The molecule has 5 nitrogen and oxygen atoms in total. The molecule has 104 valence electrons. The molecule has 20 heavy (non-hydrogen) atoms. The van der Waals surface area contributed by atoms with E-state index in [2.05, 4.69) is 25.9 Å². The molecule has 1 aromatic carbocycles. The van der Waals surface area contributed by atoms with Gasteiger partial charge in [0.1, 0.15) is 5.75 Å². The number of aromatic nitrogens is 2. The molecule has 0 bridgehead atoms. The SMILES string of the molecule is CCc1nc(-c2ccc(OC)c(Br)c2)ncc1C(=O)O. The van der Waals surface area contributed by atoms with Crippen LogP contribution in [0.2, 0.25) is 0 Å². The van der Waals surface area contributed by atoms with Gasteiger partial charge in [-0.15, -0.1) is 0 Å². The average molecular weight is 337 g/mol. The van der Waals surface area contributed by atoms with Crippen LogP contribution in [0, 0.1) is 0 Å². The van der Waals surface area contributed by atoms with Gasteiger partial charge >= 0.3 is 5.97 Å². The zero-order valence-electron chi connectivity index (χ0n) is 11.1. The van der Waals surface area contributed by atoms with Gasteiger partial charge in [-0.05, 0) is 40.5 Å². The highest BCUT2D eigenvalue weighted by atomic mass is 79.9. The van der Waals surface area contributed by atoms with Crippen LogP contribution in [0.15, 0.2) is 28.9 Å². The van der Waals surface area contributed by atoms with Gasteiger partial charge in [-0.2, -0.15) is 0 Å². The fourth-order valence-electron chi connectivity index (χ4n) is 1.81. The number of ether oxygens (including phenoxy) is 1. The van der Waals surface area contributed by atoms with Crippen molar-refractivity contribution in [3.8, 4) is 17.1 Å². The standard InChI is InChI=1S/C14H13BrN2O3/c1-3-11-9(14(18)19)7-16-13(17-11)8-4-5-12(20-2)10(15)6-8/h4-7H,3H2,1-2H3,(H,18,19). The van der Waals surface area contributed by atoms with Gasteiger partial charge in [0.2, 0.25) is 0 Å². The Bertz CT molecular complexity index is 659. The maximum Gasteiger partial charge on any atom is 0.339 e. The number of hydrogen-bond acceptors (Lipinski definition) is 4. The van der Waals surface area contributed by atoms with Crippen molar-refractivity contribution in [3.63, 3.8) is 0 Å². The molecule has 0 saturated carbocycles. The summed E-state index contributed by atoms with van der Waals surface area (Å²) in [7, 11) is 1.59. The number of carbonyl (C=O) groups is 1. The number of aryl methyl sites for hydroxylation is 1. The molecule has 6 heteroatoms. The fourth-order valence-corrected chi connectivity index (χ4v) is 2.35. The van der Waals surface area contributed by atoms with Crippen LogP contribution in [0.5, 0.6) is 5.75 Å². The Kier molecular flexibility index (Phi) is 4.34. The van der Waals surface area contributed by atoms with Crippen molar-refractivity contribution in [1.29, 1.82) is 0 Å². The molecule has 2 rings (SSSR count). The third-order valence-electron chi connectivity index (χ3n) is 2.84. The zero-order chi connectivity index (χ0) is 14.7. The van der Waals surface area contributed by atoms with E-state index in [0.717, 1.165) is 10.0 Å². The predicted molar refractivity (Wildman–Crippen MR) is 78.1 cm³/mol. The Morgan fingerprint density at radius 2 is 2.20 bits per heavy atom. The van der Waals surface area contributed by atoms with Crippen LogP contribution >= 0.6 is 15.9 Å². The van der Waals surface area contributed by atoms with Crippen molar-refractivity contribution in [3.05, 3.63) is 40.1 Å². The lowest BCUT2D eigenvalue weighted by Gasteiger charge is -2.08. The molecular weight excluding hydrogens is 324 g/mol. The van der Waals surface area contributed by atoms with Gasteiger partial charge in [0.05, 0.1) is 22.8 Å². The van der Waals surface area contributed by atoms with Crippen LogP contribution in [0.1, 0.15) is 23.0 Å². The van der Waals surface area contributed by atoms with E-state index in [9.17, 15) is 4.79 Å². The molecule has 1 heterocycles. The van der Waals surface area contributed by atoms with Crippen molar-refractivity contribution in [2.45, 2.75) is 13.3 Å². The summed E-state index contributed by atoms with van der Waals surface area (Å²) in [4.78, 5) is 19.5. The first-order valence-electron chi connectivity index (χ1n) is 6.00. The lowest BCUT2D eigenvalue weighted by Crippen LogP contribution is -2.06. The summed E-state index contributed by atoms with van der Waals surface area (Å²) in [5.41, 5.74) is 1.46. The second-order valence-corrected chi connectivity index (χ2v) is 4.92. The Labute approximate surface area is 124 Å². The smallest absolute Gasteiger partial charge is 0.339 e. The number of hydrogen-bond donors (Lipinski definition) is 1. The second kappa shape index (κ2) is 6.00. The van der Waals surface area contributed by atoms with Gasteiger partial charge in [0.15, 0.2) is 5.82 Å². The summed E-state index contributed by atoms with van der Waals surface area (Å²) in [5.74, 6) is 0.200. The van der Waals surface area contributed by atoms with Crippen molar-refractivity contribution in [2.75, 3.05) is 7.11 Å². The molecule has 2 aromatic rings. The van der Waals surface area contributed by atoms with Crippen LogP contribution < -0.4 is 4.74 Å². The van der Waals surface area contributed by atoms with E-state index < -0.39 is 5.97 Å². The molecule has 0 amide bonds. The highest BCUT2D eigenvalue weighted by Crippen LogP contribution is 2.29. The van der Waals surface area contributed by atoms with Gasteiger partial charge in [0.25, 0.3) is 0 Å². The monoisotopic (exact) mass is 336 g/mol. The number of halogens is 1. The first-order valence-corrected chi connectivity index (χ1v) is 6.79. The Morgan fingerprint density at radius 1 is 1.45 bits per heavy atom. The van der Waals surface area contributed by atoms with Gasteiger partial charge in [-0.25, -0.2) is 14.8 Å². The molecule has 0 spiro atoms. The van der Waals surface area contributed by atoms with E-state index >= 15 is 0 Å². The Hall–Kier alpha value is -1.95. The third-order valence-corrected chi connectivity index (χ3v) is 3.46. The molecule has 0 unspecified atom stereocenters. The predicted octanol–water partition coefficient (Wildman–Crippen LogP) is 3.18. The minimum absolute atomic E-state index is 0.142. The van der Waals surface area contributed by atoms with Crippen molar-refractivity contribution < 1.29 is 14.6 Å². The number of aromatic carboxylic acids is 1. The molecule has 1 aromatic heterocycles. The normalized spacial score (nSPS) is 10.3. The minimum Gasteiger partial charge on any atom is -0.496 e. The van der Waals surface area contributed by atoms with Gasteiger partial charge < -0.3 is 9.84 Å². The summed E-state index contributed by atoms with van der Waals surface area (Å²) < 4.78 is 5.96. The summed E-state index contributed by atoms with van der Waals surface area (Å²) in [6.07, 6.45) is 1.89. The van der Waals surface area contributed by atoms with Crippen LogP contribution in [-0.4, -0.2) is 28.2 Å². The van der Waals surface area contributed by atoms with E-state index in [-0.39, 0.29) is 5.56 Å². The maximum atomic E-state index is 11.1. The molecule has 0 aliphatic carbocycles.